The van der Waals surface area contributed by atoms with Crippen LogP contribution in [0.5, 0.6) is 11.5 Å². The third kappa shape index (κ3) is 3.37. The molecule has 0 spiro atoms. The molecule has 2 heterocycles. The second kappa shape index (κ2) is 6.95. The number of ether oxygens (including phenoxy) is 2. The second-order valence-electron chi connectivity index (χ2n) is 6.08. The van der Waals surface area contributed by atoms with Crippen LogP contribution in [-0.4, -0.2) is 43.0 Å². The van der Waals surface area contributed by atoms with Crippen LogP contribution in [0.3, 0.4) is 0 Å². The SMILES string of the molecule is CCOc1ccc2c(c1)C=C(C(=O)N1CCC[C@@H](C(N)=O)C1)CO2. The van der Waals surface area contributed by atoms with Crippen molar-refractivity contribution >= 4 is 17.9 Å². The predicted octanol–water partition coefficient (Wildman–Crippen LogP) is 1.58. The molecule has 0 unspecified atom stereocenters. The number of fused-ring (bicyclic) bond motifs is 1. The number of hydrogen-bond acceptors (Lipinski definition) is 4. The standard InChI is InChI=1S/C18H22N2O4/c1-2-23-15-5-6-16-13(9-15)8-14(11-24-16)18(22)20-7-3-4-12(10-20)17(19)21/h5-6,8-9,12H,2-4,7,10-11H2,1H3,(H2,19,21)/t12-/m1/s1. The summed E-state index contributed by atoms with van der Waals surface area (Å²) >= 11 is 0. The molecule has 0 radical (unpaired) electrons. The summed E-state index contributed by atoms with van der Waals surface area (Å²) in [6.45, 7) is 3.77. The Morgan fingerprint density at radius 1 is 1.42 bits per heavy atom. The second-order valence-corrected chi connectivity index (χ2v) is 6.08. The highest BCUT2D eigenvalue weighted by Crippen LogP contribution is 2.31. The maximum atomic E-state index is 12.7. The minimum atomic E-state index is -0.340. The van der Waals surface area contributed by atoms with Crippen molar-refractivity contribution in [1.82, 2.24) is 4.90 Å². The average Bonchev–Trinajstić information content (AvgIpc) is 2.61. The van der Waals surface area contributed by atoms with Crippen LogP contribution in [0.1, 0.15) is 25.3 Å². The first-order chi connectivity index (χ1) is 11.6. The molecule has 0 saturated carbocycles. The zero-order valence-electron chi connectivity index (χ0n) is 13.8. The number of benzene rings is 1. The topological polar surface area (TPSA) is 81.9 Å². The Bertz CT molecular complexity index is 684. The van der Waals surface area contributed by atoms with Gasteiger partial charge >= 0.3 is 0 Å². The van der Waals surface area contributed by atoms with Gasteiger partial charge in [-0.05, 0) is 44.0 Å². The van der Waals surface area contributed by atoms with Gasteiger partial charge in [-0.1, -0.05) is 0 Å². The Balaban J connectivity index is 1.78. The lowest BCUT2D eigenvalue weighted by Gasteiger charge is -2.32. The molecule has 3 rings (SSSR count). The van der Waals surface area contributed by atoms with Gasteiger partial charge < -0.3 is 20.1 Å². The van der Waals surface area contributed by atoms with Gasteiger partial charge in [0.2, 0.25) is 5.91 Å². The highest BCUT2D eigenvalue weighted by atomic mass is 16.5. The summed E-state index contributed by atoms with van der Waals surface area (Å²) in [5, 5.41) is 0. The molecule has 2 aliphatic rings. The average molecular weight is 330 g/mol. The molecule has 2 N–H and O–H groups in total. The number of carbonyl (C=O) groups excluding carboxylic acids is 2. The fourth-order valence-corrected chi connectivity index (χ4v) is 3.13. The van der Waals surface area contributed by atoms with Gasteiger partial charge in [0.1, 0.15) is 18.1 Å². The predicted molar refractivity (Wildman–Crippen MR) is 89.6 cm³/mol. The molecule has 6 nitrogen and oxygen atoms in total. The Kier molecular flexibility index (Phi) is 4.74. The number of amides is 2. The molecule has 1 saturated heterocycles. The van der Waals surface area contributed by atoms with Gasteiger partial charge in [-0.3, -0.25) is 9.59 Å². The first-order valence-corrected chi connectivity index (χ1v) is 8.27. The quantitative estimate of drug-likeness (QED) is 0.909. The van der Waals surface area contributed by atoms with Gasteiger partial charge in [0.15, 0.2) is 0 Å². The van der Waals surface area contributed by atoms with Crippen LogP contribution < -0.4 is 15.2 Å². The molecule has 0 aromatic heterocycles. The molecule has 1 fully saturated rings. The summed E-state index contributed by atoms with van der Waals surface area (Å²) in [5.41, 5.74) is 6.80. The van der Waals surface area contributed by atoms with E-state index in [-0.39, 0.29) is 24.3 Å². The van der Waals surface area contributed by atoms with Crippen LogP contribution in [0, 0.1) is 5.92 Å². The van der Waals surface area contributed by atoms with Gasteiger partial charge in [-0.25, -0.2) is 0 Å². The fourth-order valence-electron chi connectivity index (χ4n) is 3.13. The number of nitrogens with zero attached hydrogens (tertiary/aromatic N) is 1. The van der Waals surface area contributed by atoms with Crippen LogP contribution >= 0.6 is 0 Å². The zero-order chi connectivity index (χ0) is 17.1. The maximum absolute atomic E-state index is 12.7. The lowest BCUT2D eigenvalue weighted by atomic mass is 9.96. The van der Waals surface area contributed by atoms with E-state index in [1.807, 2.05) is 31.2 Å². The van der Waals surface area contributed by atoms with Gasteiger partial charge in [0.25, 0.3) is 5.91 Å². The molecule has 128 valence electrons. The Morgan fingerprint density at radius 2 is 2.25 bits per heavy atom. The van der Waals surface area contributed by atoms with Crippen molar-refractivity contribution in [2.75, 3.05) is 26.3 Å². The maximum Gasteiger partial charge on any atom is 0.253 e. The van der Waals surface area contributed by atoms with Crippen molar-refractivity contribution in [1.29, 1.82) is 0 Å². The molecule has 24 heavy (non-hydrogen) atoms. The van der Waals surface area contributed by atoms with Crippen molar-refractivity contribution in [3.63, 3.8) is 0 Å². The van der Waals surface area contributed by atoms with E-state index in [0.717, 1.165) is 29.9 Å². The van der Waals surface area contributed by atoms with Crippen LogP contribution in [0.2, 0.25) is 0 Å². The first kappa shape index (κ1) is 16.4. The molecule has 0 aliphatic carbocycles. The van der Waals surface area contributed by atoms with Crippen molar-refractivity contribution in [3.05, 3.63) is 29.3 Å². The molecule has 1 atom stereocenters. The van der Waals surface area contributed by atoms with E-state index in [1.165, 1.54) is 0 Å². The van der Waals surface area contributed by atoms with Crippen molar-refractivity contribution in [2.45, 2.75) is 19.8 Å². The van der Waals surface area contributed by atoms with Crippen LogP contribution in [0.4, 0.5) is 0 Å². The van der Waals surface area contributed by atoms with Crippen molar-refractivity contribution < 1.29 is 19.1 Å². The summed E-state index contributed by atoms with van der Waals surface area (Å²) in [7, 11) is 0. The van der Waals surface area contributed by atoms with E-state index in [9.17, 15) is 9.59 Å². The lowest BCUT2D eigenvalue weighted by Crippen LogP contribution is -2.45. The minimum Gasteiger partial charge on any atom is -0.494 e. The van der Waals surface area contributed by atoms with Gasteiger partial charge in [-0.15, -0.1) is 0 Å². The van der Waals surface area contributed by atoms with Crippen LogP contribution in [0.15, 0.2) is 23.8 Å². The van der Waals surface area contributed by atoms with E-state index in [2.05, 4.69) is 0 Å². The number of primary amides is 1. The highest BCUT2D eigenvalue weighted by molar-refractivity contribution is 5.99. The van der Waals surface area contributed by atoms with Crippen LogP contribution in [0.25, 0.3) is 6.08 Å². The van der Waals surface area contributed by atoms with Gasteiger partial charge in [0.05, 0.1) is 18.1 Å². The van der Waals surface area contributed by atoms with E-state index in [4.69, 9.17) is 15.2 Å². The van der Waals surface area contributed by atoms with E-state index in [1.54, 1.807) is 4.90 Å². The minimum absolute atomic E-state index is 0.0894. The zero-order valence-corrected chi connectivity index (χ0v) is 13.8. The first-order valence-electron chi connectivity index (χ1n) is 8.27. The normalized spacial score (nSPS) is 19.8. The summed E-state index contributed by atoms with van der Waals surface area (Å²) in [6, 6.07) is 5.57. The van der Waals surface area contributed by atoms with Gasteiger partial charge in [0, 0.05) is 18.7 Å². The Labute approximate surface area is 141 Å². The number of rotatable bonds is 4. The Hall–Kier alpha value is -2.50. The Morgan fingerprint density at radius 3 is 3.00 bits per heavy atom. The molecule has 2 amide bonds. The third-order valence-electron chi connectivity index (χ3n) is 4.39. The number of likely N-dealkylation sites (tertiary alicyclic amines) is 1. The van der Waals surface area contributed by atoms with Gasteiger partial charge in [-0.2, -0.15) is 0 Å². The molecular formula is C18H22N2O4. The number of nitrogens with two attached hydrogens (primary N) is 1. The van der Waals surface area contributed by atoms with Crippen molar-refractivity contribution in [3.8, 4) is 11.5 Å². The fraction of sp³-hybridized carbons (Fsp3) is 0.444. The summed E-state index contributed by atoms with van der Waals surface area (Å²) in [4.78, 5) is 25.8. The number of hydrogen-bond donors (Lipinski definition) is 1. The molecule has 1 aromatic carbocycles. The summed E-state index contributed by atoms with van der Waals surface area (Å²) in [5.74, 6) is 0.798. The molecule has 2 aliphatic heterocycles. The van der Waals surface area contributed by atoms with E-state index >= 15 is 0 Å². The van der Waals surface area contributed by atoms with E-state index in [0.29, 0.717) is 25.3 Å². The molecular weight excluding hydrogens is 308 g/mol. The smallest absolute Gasteiger partial charge is 0.253 e. The highest BCUT2D eigenvalue weighted by Gasteiger charge is 2.29. The largest absolute Gasteiger partial charge is 0.494 e. The lowest BCUT2D eigenvalue weighted by molar-refractivity contribution is -0.131. The molecule has 0 bridgehead atoms. The van der Waals surface area contributed by atoms with E-state index < -0.39 is 0 Å². The molecule has 6 heteroatoms. The van der Waals surface area contributed by atoms with Crippen molar-refractivity contribution in [2.24, 2.45) is 11.7 Å². The monoisotopic (exact) mass is 330 g/mol. The third-order valence-corrected chi connectivity index (χ3v) is 4.39. The number of piperidine rings is 1. The summed E-state index contributed by atoms with van der Waals surface area (Å²) < 4.78 is 11.2. The molecule has 1 aromatic rings. The summed E-state index contributed by atoms with van der Waals surface area (Å²) in [6.07, 6.45) is 3.38. The number of carbonyl (C=O) groups is 2. The van der Waals surface area contributed by atoms with Crippen LogP contribution in [-0.2, 0) is 9.59 Å².